The molecule has 1 aliphatic rings. The monoisotopic (exact) mass is 344 g/mol. The summed E-state index contributed by atoms with van der Waals surface area (Å²) in [5, 5.41) is 3.22. The van der Waals surface area contributed by atoms with Crippen LogP contribution in [0.1, 0.15) is 42.6 Å². The predicted octanol–water partition coefficient (Wildman–Crippen LogP) is 3.70. The molecule has 6 heteroatoms. The molecule has 1 aromatic carbocycles. The van der Waals surface area contributed by atoms with E-state index in [0.29, 0.717) is 22.2 Å². The van der Waals surface area contributed by atoms with Gasteiger partial charge in [0, 0.05) is 6.42 Å². The fraction of sp³-hybridized carbons (Fsp3) is 0.389. The number of para-hydroxylation sites is 1. The van der Waals surface area contributed by atoms with Gasteiger partial charge in [0.2, 0.25) is 0 Å². The third-order valence-electron chi connectivity index (χ3n) is 3.89. The van der Waals surface area contributed by atoms with Crippen LogP contribution in [0.4, 0.5) is 5.13 Å². The van der Waals surface area contributed by atoms with Crippen LogP contribution in [0.25, 0.3) is 0 Å². The van der Waals surface area contributed by atoms with Gasteiger partial charge in [-0.15, -0.1) is 0 Å². The molecule has 0 bridgehead atoms. The number of ether oxygens (including phenoxy) is 1. The Bertz CT molecular complexity index is 768. The lowest BCUT2D eigenvalue weighted by molar-refractivity contribution is -0.122. The second kappa shape index (κ2) is 6.36. The van der Waals surface area contributed by atoms with Crippen LogP contribution in [-0.4, -0.2) is 22.8 Å². The van der Waals surface area contributed by atoms with Crippen molar-refractivity contribution in [3.05, 3.63) is 40.9 Å². The van der Waals surface area contributed by atoms with Gasteiger partial charge in [0.25, 0.3) is 5.91 Å². The molecule has 0 saturated heterocycles. The highest BCUT2D eigenvalue weighted by Gasteiger charge is 2.34. The molecule has 3 rings (SSSR count). The van der Waals surface area contributed by atoms with Gasteiger partial charge in [0.15, 0.2) is 17.0 Å². The van der Waals surface area contributed by atoms with E-state index in [4.69, 9.17) is 4.74 Å². The lowest BCUT2D eigenvalue weighted by Gasteiger charge is -2.26. The van der Waals surface area contributed by atoms with Crippen LogP contribution in [0.2, 0.25) is 0 Å². The molecule has 126 valence electrons. The summed E-state index contributed by atoms with van der Waals surface area (Å²) in [6.45, 7) is 5.80. The second-order valence-electron chi connectivity index (χ2n) is 6.80. The van der Waals surface area contributed by atoms with Crippen molar-refractivity contribution in [1.29, 1.82) is 0 Å². The molecule has 1 N–H and O–H groups in total. The van der Waals surface area contributed by atoms with Crippen LogP contribution in [0.15, 0.2) is 30.3 Å². The summed E-state index contributed by atoms with van der Waals surface area (Å²) < 4.78 is 5.60. The van der Waals surface area contributed by atoms with Gasteiger partial charge in [0.1, 0.15) is 5.75 Å². The number of thiazole rings is 1. The molecule has 1 amide bonds. The van der Waals surface area contributed by atoms with E-state index in [0.717, 1.165) is 12.1 Å². The van der Waals surface area contributed by atoms with Crippen LogP contribution in [0.3, 0.4) is 0 Å². The van der Waals surface area contributed by atoms with Crippen molar-refractivity contribution in [3.63, 3.8) is 0 Å². The highest BCUT2D eigenvalue weighted by molar-refractivity contribution is 7.17. The zero-order valence-electron chi connectivity index (χ0n) is 14.0. The summed E-state index contributed by atoms with van der Waals surface area (Å²) in [6, 6.07) is 9.18. The first-order chi connectivity index (χ1) is 11.3. The Kier molecular flexibility index (Phi) is 4.41. The normalized spacial score (nSPS) is 17.0. The first-order valence-electron chi connectivity index (χ1n) is 7.89. The molecule has 1 aromatic heterocycles. The number of hydrogen-bond acceptors (Lipinski definition) is 5. The molecule has 1 unspecified atom stereocenters. The summed E-state index contributed by atoms with van der Waals surface area (Å²) in [6.07, 6.45) is 0.611. The fourth-order valence-corrected chi connectivity index (χ4v) is 3.66. The molecule has 1 atom stereocenters. The van der Waals surface area contributed by atoms with Gasteiger partial charge in [-0.1, -0.05) is 43.4 Å². The molecule has 0 radical (unpaired) electrons. The first-order valence-corrected chi connectivity index (χ1v) is 8.71. The molecule has 1 heterocycles. The van der Waals surface area contributed by atoms with Crippen molar-refractivity contribution < 1.29 is 14.3 Å². The third-order valence-corrected chi connectivity index (χ3v) is 4.95. The summed E-state index contributed by atoms with van der Waals surface area (Å²) in [5.74, 6) is 0.458. The Labute approximate surface area is 145 Å². The van der Waals surface area contributed by atoms with Crippen LogP contribution in [0, 0.1) is 5.41 Å². The highest BCUT2D eigenvalue weighted by atomic mass is 32.1. The number of nitrogens with zero attached hydrogens (tertiary/aromatic N) is 1. The smallest absolute Gasteiger partial charge is 0.266 e. The molecular formula is C18H20N2O3S. The number of amides is 1. The SMILES string of the molecule is CC(Oc1ccccc1)C(=O)Nc1nc2c(s1)C(=O)CC(C)(C)C2. The molecule has 5 nitrogen and oxygen atoms in total. The average Bonchev–Trinajstić information content (AvgIpc) is 2.89. The lowest BCUT2D eigenvalue weighted by Crippen LogP contribution is -2.30. The first kappa shape index (κ1) is 16.6. The van der Waals surface area contributed by atoms with E-state index in [1.54, 1.807) is 19.1 Å². The van der Waals surface area contributed by atoms with E-state index in [-0.39, 0.29) is 17.1 Å². The van der Waals surface area contributed by atoms with Gasteiger partial charge in [-0.3, -0.25) is 14.9 Å². The number of Topliss-reactive ketones (excluding diaryl/α,β-unsaturated/α-hetero) is 1. The van der Waals surface area contributed by atoms with Crippen molar-refractivity contribution in [3.8, 4) is 5.75 Å². The van der Waals surface area contributed by atoms with E-state index in [1.807, 2.05) is 18.2 Å². The minimum Gasteiger partial charge on any atom is -0.481 e. The maximum absolute atomic E-state index is 12.3. The number of anilines is 1. The molecule has 2 aromatic rings. The Morgan fingerprint density at radius 1 is 1.29 bits per heavy atom. The molecule has 1 aliphatic carbocycles. The van der Waals surface area contributed by atoms with Crippen molar-refractivity contribution in [2.45, 2.75) is 39.7 Å². The number of benzene rings is 1. The Hall–Kier alpha value is -2.21. The molecule has 0 saturated carbocycles. The standard InChI is InChI=1S/C18H20N2O3S/c1-11(23-12-7-5-4-6-8-12)16(22)20-17-19-13-9-18(2,3)10-14(21)15(13)24-17/h4-8,11H,9-10H2,1-3H3,(H,19,20,22). The van der Waals surface area contributed by atoms with Crippen molar-refractivity contribution in [2.75, 3.05) is 5.32 Å². The average molecular weight is 344 g/mol. The zero-order chi connectivity index (χ0) is 17.3. The second-order valence-corrected chi connectivity index (χ2v) is 7.80. The predicted molar refractivity (Wildman–Crippen MR) is 93.7 cm³/mol. The van der Waals surface area contributed by atoms with Crippen molar-refractivity contribution >= 4 is 28.2 Å². The Morgan fingerprint density at radius 2 is 2.00 bits per heavy atom. The summed E-state index contributed by atoms with van der Waals surface area (Å²) in [5.41, 5.74) is 0.705. The van der Waals surface area contributed by atoms with Gasteiger partial charge in [0.05, 0.1) is 10.6 Å². The van der Waals surface area contributed by atoms with Gasteiger partial charge in [-0.2, -0.15) is 0 Å². The van der Waals surface area contributed by atoms with Crippen molar-refractivity contribution in [1.82, 2.24) is 4.98 Å². The highest BCUT2D eigenvalue weighted by Crippen LogP contribution is 2.38. The lowest BCUT2D eigenvalue weighted by atomic mass is 9.78. The molecule has 24 heavy (non-hydrogen) atoms. The van der Waals surface area contributed by atoms with E-state index in [1.165, 1.54) is 11.3 Å². The molecule has 0 fully saturated rings. The summed E-state index contributed by atoms with van der Waals surface area (Å²) in [4.78, 5) is 29.6. The summed E-state index contributed by atoms with van der Waals surface area (Å²) >= 11 is 1.25. The topological polar surface area (TPSA) is 68.3 Å². The number of fused-ring (bicyclic) bond motifs is 1. The van der Waals surface area contributed by atoms with E-state index < -0.39 is 6.10 Å². The molecular weight excluding hydrogens is 324 g/mol. The zero-order valence-corrected chi connectivity index (χ0v) is 14.8. The van der Waals surface area contributed by atoms with Crippen LogP contribution < -0.4 is 10.1 Å². The third kappa shape index (κ3) is 3.64. The minimum absolute atomic E-state index is 0.0802. The quantitative estimate of drug-likeness (QED) is 0.918. The number of carbonyl (C=O) groups is 2. The van der Waals surface area contributed by atoms with E-state index in [9.17, 15) is 9.59 Å². The number of nitrogens with one attached hydrogen (secondary N) is 1. The van der Waals surface area contributed by atoms with Crippen molar-refractivity contribution in [2.24, 2.45) is 5.41 Å². The van der Waals surface area contributed by atoms with Crippen LogP contribution in [-0.2, 0) is 11.2 Å². The largest absolute Gasteiger partial charge is 0.481 e. The number of rotatable bonds is 4. The fourth-order valence-electron chi connectivity index (χ4n) is 2.74. The Balaban J connectivity index is 1.68. The Morgan fingerprint density at radius 3 is 2.71 bits per heavy atom. The molecule has 0 spiro atoms. The van der Waals surface area contributed by atoms with E-state index >= 15 is 0 Å². The maximum atomic E-state index is 12.3. The number of aromatic nitrogens is 1. The molecule has 0 aliphatic heterocycles. The van der Waals surface area contributed by atoms with Gasteiger partial charge >= 0.3 is 0 Å². The maximum Gasteiger partial charge on any atom is 0.266 e. The summed E-state index contributed by atoms with van der Waals surface area (Å²) in [7, 11) is 0. The minimum atomic E-state index is -0.652. The van der Waals surface area contributed by atoms with E-state index in [2.05, 4.69) is 24.1 Å². The number of carbonyl (C=O) groups excluding carboxylic acids is 2. The van der Waals surface area contributed by atoms with Gasteiger partial charge in [-0.25, -0.2) is 4.98 Å². The van der Waals surface area contributed by atoms with Gasteiger partial charge in [-0.05, 0) is 30.9 Å². The van der Waals surface area contributed by atoms with Gasteiger partial charge < -0.3 is 4.74 Å². The van der Waals surface area contributed by atoms with Crippen LogP contribution in [0.5, 0.6) is 5.75 Å². The number of hydrogen-bond donors (Lipinski definition) is 1. The van der Waals surface area contributed by atoms with Crippen LogP contribution >= 0.6 is 11.3 Å². The number of ketones is 1.